The highest BCUT2D eigenvalue weighted by atomic mass is 79.9. The topological polar surface area (TPSA) is 89.8 Å². The van der Waals surface area contributed by atoms with Crippen LogP contribution in [0, 0.1) is 0 Å². The standard InChI is InChI=1S/C16H15BrCl2N4O3/c17-10-4-20-15(21-5-10)22-7-13(14(24)8-22)23(16(25)26)6-9-1-2-11(18)3-12(9)19/h1-5,13-14,24H,6-8H2,(H,25,26)/t13-,14-/m1/s1. The molecule has 10 heteroatoms. The number of benzene rings is 1. The van der Waals surface area contributed by atoms with E-state index in [9.17, 15) is 15.0 Å². The third-order valence-electron chi connectivity index (χ3n) is 4.15. The van der Waals surface area contributed by atoms with Gasteiger partial charge in [0.05, 0.1) is 23.2 Å². The van der Waals surface area contributed by atoms with Gasteiger partial charge in [-0.2, -0.15) is 0 Å². The highest BCUT2D eigenvalue weighted by molar-refractivity contribution is 9.10. The number of aromatic nitrogens is 2. The van der Waals surface area contributed by atoms with Crippen molar-refractivity contribution in [3.05, 3.63) is 50.7 Å². The molecule has 1 aliphatic rings. The molecule has 1 fully saturated rings. The lowest BCUT2D eigenvalue weighted by Crippen LogP contribution is -2.45. The van der Waals surface area contributed by atoms with Crippen LogP contribution in [0.5, 0.6) is 0 Å². The van der Waals surface area contributed by atoms with Crippen molar-refractivity contribution in [1.82, 2.24) is 14.9 Å². The van der Waals surface area contributed by atoms with Crippen molar-refractivity contribution in [3.63, 3.8) is 0 Å². The highest BCUT2D eigenvalue weighted by Crippen LogP contribution is 2.26. The number of hydrogen-bond donors (Lipinski definition) is 2. The summed E-state index contributed by atoms with van der Waals surface area (Å²) in [4.78, 5) is 23.1. The molecular formula is C16H15BrCl2N4O3. The Balaban J connectivity index is 1.79. The third kappa shape index (κ3) is 4.20. The SMILES string of the molecule is O=C(O)N(Cc1ccc(Cl)cc1Cl)[C@@H]1CN(c2ncc(Br)cn2)C[C@H]1O. The van der Waals surface area contributed by atoms with E-state index in [2.05, 4.69) is 25.9 Å². The van der Waals surface area contributed by atoms with E-state index in [1.165, 1.54) is 4.90 Å². The van der Waals surface area contributed by atoms with Crippen molar-refractivity contribution < 1.29 is 15.0 Å². The van der Waals surface area contributed by atoms with Crippen molar-refractivity contribution in [1.29, 1.82) is 0 Å². The fraction of sp³-hybridized carbons (Fsp3) is 0.312. The molecule has 0 spiro atoms. The van der Waals surface area contributed by atoms with Crippen LogP contribution in [0.4, 0.5) is 10.7 Å². The smallest absolute Gasteiger partial charge is 0.408 e. The maximum absolute atomic E-state index is 11.8. The highest BCUT2D eigenvalue weighted by Gasteiger charge is 2.39. The summed E-state index contributed by atoms with van der Waals surface area (Å²) in [6.07, 6.45) is 1.19. The van der Waals surface area contributed by atoms with E-state index in [4.69, 9.17) is 23.2 Å². The predicted octanol–water partition coefficient (Wildman–Crippen LogP) is 3.28. The molecule has 0 aliphatic carbocycles. The Morgan fingerprint density at radius 2 is 2.00 bits per heavy atom. The number of carbonyl (C=O) groups is 1. The van der Waals surface area contributed by atoms with Gasteiger partial charge >= 0.3 is 6.09 Å². The van der Waals surface area contributed by atoms with Crippen LogP contribution in [-0.4, -0.2) is 56.4 Å². The lowest BCUT2D eigenvalue weighted by Gasteiger charge is -2.28. The zero-order valence-corrected chi connectivity index (χ0v) is 16.5. The van der Waals surface area contributed by atoms with Crippen LogP contribution in [0.25, 0.3) is 0 Å². The first-order chi connectivity index (χ1) is 12.3. The molecular weight excluding hydrogens is 447 g/mol. The fourth-order valence-electron chi connectivity index (χ4n) is 2.87. The number of amides is 1. The summed E-state index contributed by atoms with van der Waals surface area (Å²) in [5.74, 6) is 0.435. The Hall–Kier alpha value is -1.61. The summed E-state index contributed by atoms with van der Waals surface area (Å²) in [5.41, 5.74) is 0.615. The molecule has 1 aliphatic heterocycles. The number of carboxylic acid groups (broad SMARTS) is 1. The maximum Gasteiger partial charge on any atom is 0.408 e. The van der Waals surface area contributed by atoms with Gasteiger partial charge in [-0.25, -0.2) is 14.8 Å². The summed E-state index contributed by atoms with van der Waals surface area (Å²) >= 11 is 15.3. The molecule has 7 nitrogen and oxygen atoms in total. The summed E-state index contributed by atoms with van der Waals surface area (Å²) in [6, 6.07) is 4.25. The molecule has 2 heterocycles. The normalized spacial score (nSPS) is 19.6. The fourth-order valence-corrected chi connectivity index (χ4v) is 3.54. The van der Waals surface area contributed by atoms with Crippen LogP contribution in [0.1, 0.15) is 5.56 Å². The number of rotatable bonds is 4. The number of hydrogen-bond acceptors (Lipinski definition) is 5. The second-order valence-corrected chi connectivity index (χ2v) is 7.65. The zero-order chi connectivity index (χ0) is 18.8. The van der Waals surface area contributed by atoms with Gasteiger partial charge < -0.3 is 15.1 Å². The van der Waals surface area contributed by atoms with Gasteiger partial charge in [-0.3, -0.25) is 4.90 Å². The van der Waals surface area contributed by atoms with E-state index in [0.717, 1.165) is 4.47 Å². The quantitative estimate of drug-likeness (QED) is 0.726. The molecule has 3 rings (SSSR count). The molecule has 138 valence electrons. The Labute approximate surface area is 168 Å². The van der Waals surface area contributed by atoms with Crippen LogP contribution >= 0.6 is 39.1 Å². The first-order valence-corrected chi connectivity index (χ1v) is 9.24. The number of halogens is 3. The summed E-state index contributed by atoms with van der Waals surface area (Å²) < 4.78 is 0.738. The van der Waals surface area contributed by atoms with Crippen LogP contribution in [-0.2, 0) is 6.54 Å². The van der Waals surface area contributed by atoms with E-state index in [1.54, 1.807) is 35.5 Å². The van der Waals surface area contributed by atoms with Crippen LogP contribution in [0.15, 0.2) is 35.1 Å². The average molecular weight is 462 g/mol. The number of nitrogens with zero attached hydrogens (tertiary/aromatic N) is 4. The van der Waals surface area contributed by atoms with Crippen LogP contribution in [0.2, 0.25) is 10.0 Å². The van der Waals surface area contributed by atoms with Crippen molar-refractivity contribution >= 4 is 51.2 Å². The van der Waals surface area contributed by atoms with E-state index in [-0.39, 0.29) is 19.6 Å². The minimum atomic E-state index is -1.14. The monoisotopic (exact) mass is 460 g/mol. The van der Waals surface area contributed by atoms with Crippen LogP contribution < -0.4 is 4.90 Å². The van der Waals surface area contributed by atoms with Gasteiger partial charge in [-0.05, 0) is 33.6 Å². The molecule has 0 radical (unpaired) electrons. The van der Waals surface area contributed by atoms with Crippen molar-refractivity contribution in [2.45, 2.75) is 18.7 Å². The molecule has 1 aromatic carbocycles. The Kier molecular flexibility index (Phi) is 5.86. The van der Waals surface area contributed by atoms with Gasteiger partial charge in [0, 0.05) is 35.5 Å². The molecule has 1 aromatic heterocycles. The number of β-amino-alcohol motifs (C(OH)–C–C–N with tert-alkyl or cyclic N) is 1. The number of aliphatic hydroxyl groups is 1. The lowest BCUT2D eigenvalue weighted by molar-refractivity contribution is 0.0705. The summed E-state index contributed by atoms with van der Waals surface area (Å²) in [7, 11) is 0. The zero-order valence-electron chi connectivity index (χ0n) is 13.4. The predicted molar refractivity (Wildman–Crippen MR) is 102 cm³/mol. The third-order valence-corrected chi connectivity index (χ3v) is 5.15. The summed E-state index contributed by atoms with van der Waals surface area (Å²) in [5, 5.41) is 20.9. The Bertz CT molecular complexity index is 809. The van der Waals surface area contributed by atoms with Gasteiger partial charge in [-0.15, -0.1) is 0 Å². The molecule has 1 amide bonds. The second-order valence-electron chi connectivity index (χ2n) is 5.89. The Morgan fingerprint density at radius 3 is 2.62 bits per heavy atom. The molecule has 0 saturated carbocycles. The molecule has 2 N–H and O–H groups in total. The Morgan fingerprint density at radius 1 is 1.31 bits per heavy atom. The number of aliphatic hydroxyl groups excluding tert-OH is 1. The molecule has 2 aromatic rings. The first-order valence-electron chi connectivity index (χ1n) is 7.69. The van der Waals surface area contributed by atoms with Crippen LogP contribution in [0.3, 0.4) is 0 Å². The molecule has 0 unspecified atom stereocenters. The van der Waals surface area contributed by atoms with E-state index >= 15 is 0 Å². The largest absolute Gasteiger partial charge is 0.465 e. The molecule has 2 atom stereocenters. The minimum absolute atomic E-state index is 0.0437. The van der Waals surface area contributed by atoms with Gasteiger partial charge in [0.25, 0.3) is 0 Å². The van der Waals surface area contributed by atoms with Gasteiger partial charge in [0.15, 0.2) is 0 Å². The first kappa shape index (κ1) is 19.2. The van der Waals surface area contributed by atoms with Gasteiger partial charge in [0.2, 0.25) is 5.95 Å². The number of anilines is 1. The summed E-state index contributed by atoms with van der Waals surface area (Å²) in [6.45, 7) is 0.562. The van der Waals surface area contributed by atoms with Crippen molar-refractivity contribution in [3.8, 4) is 0 Å². The molecule has 1 saturated heterocycles. The van der Waals surface area contributed by atoms with E-state index in [1.807, 2.05) is 0 Å². The van der Waals surface area contributed by atoms with Crippen molar-refractivity contribution in [2.24, 2.45) is 0 Å². The van der Waals surface area contributed by atoms with Gasteiger partial charge in [0.1, 0.15) is 0 Å². The second kappa shape index (κ2) is 7.96. The molecule has 26 heavy (non-hydrogen) atoms. The average Bonchev–Trinajstić information content (AvgIpc) is 2.96. The minimum Gasteiger partial charge on any atom is -0.465 e. The van der Waals surface area contributed by atoms with Crippen molar-refractivity contribution in [2.75, 3.05) is 18.0 Å². The maximum atomic E-state index is 11.8. The van der Waals surface area contributed by atoms with Gasteiger partial charge in [-0.1, -0.05) is 29.3 Å². The van der Waals surface area contributed by atoms with E-state index < -0.39 is 18.2 Å². The molecule has 0 bridgehead atoms. The lowest BCUT2D eigenvalue weighted by atomic mass is 10.1. The van der Waals surface area contributed by atoms with E-state index in [0.29, 0.717) is 21.6 Å².